The van der Waals surface area contributed by atoms with E-state index < -0.39 is 5.91 Å². The molecule has 4 N–H and O–H groups in total. The summed E-state index contributed by atoms with van der Waals surface area (Å²) in [5, 5.41) is 10.1. The number of aryl methyl sites for hydroxylation is 1. The van der Waals surface area contributed by atoms with Gasteiger partial charge in [-0.25, -0.2) is 9.37 Å². The lowest BCUT2D eigenvalue weighted by atomic mass is 10.2. The molecule has 9 heteroatoms. The van der Waals surface area contributed by atoms with Gasteiger partial charge in [0.15, 0.2) is 0 Å². The van der Waals surface area contributed by atoms with Gasteiger partial charge in [0.25, 0.3) is 5.91 Å². The molecule has 0 saturated heterocycles. The molecule has 0 saturated carbocycles. The van der Waals surface area contributed by atoms with Crippen molar-refractivity contribution in [3.63, 3.8) is 0 Å². The van der Waals surface area contributed by atoms with Crippen LogP contribution in [0.3, 0.4) is 0 Å². The van der Waals surface area contributed by atoms with E-state index in [0.29, 0.717) is 11.3 Å². The van der Waals surface area contributed by atoms with E-state index >= 15 is 0 Å². The monoisotopic (exact) mass is 355 g/mol. The Balaban J connectivity index is 1.82. The number of aromatic nitrogens is 4. The molecule has 0 bridgehead atoms. The van der Waals surface area contributed by atoms with Gasteiger partial charge in [-0.3, -0.25) is 9.48 Å². The number of nitrogens with two attached hydrogens (primary N) is 1. The van der Waals surface area contributed by atoms with Crippen LogP contribution in [0.4, 0.5) is 21.8 Å². The summed E-state index contributed by atoms with van der Waals surface area (Å²) < 4.78 is 15.5. The van der Waals surface area contributed by atoms with Crippen LogP contribution in [-0.4, -0.2) is 25.7 Å². The highest BCUT2D eigenvalue weighted by molar-refractivity contribution is 5.97. The van der Waals surface area contributed by atoms with Crippen LogP contribution < -0.4 is 16.4 Å². The lowest BCUT2D eigenvalue weighted by Gasteiger charge is -2.11. The van der Waals surface area contributed by atoms with Crippen LogP contribution in [0.15, 0.2) is 42.9 Å². The third kappa shape index (κ3) is 3.94. The molecule has 3 aromatic rings. The first-order chi connectivity index (χ1) is 12.6. The number of anilines is 3. The standard InChI is InChI=1S/C17H18FN7O/c1-2-25-10-12(8-22-25)23-17-21-9-13(15(19)26)16(24-17)20-7-11-5-3-4-6-14(11)18/h3-6,8-10H,2,7H2,1H3,(H2,19,26)(H2,20,21,23,24). The minimum Gasteiger partial charge on any atom is -0.365 e. The lowest BCUT2D eigenvalue weighted by molar-refractivity contribution is 0.100. The molecular weight excluding hydrogens is 337 g/mol. The van der Waals surface area contributed by atoms with Crippen molar-refractivity contribution in [2.75, 3.05) is 10.6 Å². The van der Waals surface area contributed by atoms with Crippen molar-refractivity contribution in [2.24, 2.45) is 5.73 Å². The molecule has 1 aromatic carbocycles. The van der Waals surface area contributed by atoms with E-state index in [2.05, 4.69) is 25.7 Å². The van der Waals surface area contributed by atoms with Crippen LogP contribution in [0.25, 0.3) is 0 Å². The number of carbonyl (C=O) groups is 1. The fourth-order valence-corrected chi connectivity index (χ4v) is 2.31. The van der Waals surface area contributed by atoms with Crippen LogP contribution in [0.1, 0.15) is 22.8 Å². The second-order valence-corrected chi connectivity index (χ2v) is 5.47. The minimum absolute atomic E-state index is 0.121. The van der Waals surface area contributed by atoms with E-state index in [0.717, 1.165) is 6.54 Å². The maximum atomic E-state index is 13.8. The van der Waals surface area contributed by atoms with Crippen molar-refractivity contribution in [1.29, 1.82) is 0 Å². The third-order valence-electron chi connectivity index (χ3n) is 3.67. The van der Waals surface area contributed by atoms with E-state index in [1.165, 1.54) is 12.3 Å². The zero-order chi connectivity index (χ0) is 18.5. The number of amides is 1. The molecule has 0 aliphatic rings. The van der Waals surface area contributed by atoms with Gasteiger partial charge in [0.1, 0.15) is 11.6 Å². The second kappa shape index (κ2) is 7.60. The molecule has 0 atom stereocenters. The maximum Gasteiger partial charge on any atom is 0.254 e. The van der Waals surface area contributed by atoms with Crippen molar-refractivity contribution in [3.8, 4) is 0 Å². The van der Waals surface area contributed by atoms with Crippen molar-refractivity contribution in [3.05, 3.63) is 59.8 Å². The van der Waals surface area contributed by atoms with Gasteiger partial charge in [-0.2, -0.15) is 10.1 Å². The zero-order valence-corrected chi connectivity index (χ0v) is 14.1. The minimum atomic E-state index is -0.675. The summed E-state index contributed by atoms with van der Waals surface area (Å²) >= 11 is 0. The van der Waals surface area contributed by atoms with Gasteiger partial charge in [-0.15, -0.1) is 0 Å². The quantitative estimate of drug-likeness (QED) is 0.600. The smallest absolute Gasteiger partial charge is 0.254 e. The van der Waals surface area contributed by atoms with Crippen LogP contribution >= 0.6 is 0 Å². The summed E-state index contributed by atoms with van der Waals surface area (Å²) in [6.45, 7) is 2.86. The molecular formula is C17H18FN7O. The number of hydrogen-bond acceptors (Lipinski definition) is 6. The Labute approximate surface area is 149 Å². The normalized spacial score (nSPS) is 10.5. The zero-order valence-electron chi connectivity index (χ0n) is 14.1. The SMILES string of the molecule is CCn1cc(Nc2ncc(C(N)=O)c(NCc3ccccc3F)n2)cn1. The topological polar surface area (TPSA) is 111 Å². The number of halogens is 1. The summed E-state index contributed by atoms with van der Waals surface area (Å²) in [5.74, 6) is -0.533. The molecule has 3 rings (SSSR count). The highest BCUT2D eigenvalue weighted by atomic mass is 19.1. The molecule has 26 heavy (non-hydrogen) atoms. The molecule has 0 radical (unpaired) electrons. The highest BCUT2D eigenvalue weighted by Gasteiger charge is 2.13. The Bertz CT molecular complexity index is 925. The lowest BCUT2D eigenvalue weighted by Crippen LogP contribution is -2.17. The summed E-state index contributed by atoms with van der Waals surface area (Å²) in [4.78, 5) is 20.0. The molecule has 2 heterocycles. The average molecular weight is 355 g/mol. The first-order valence-corrected chi connectivity index (χ1v) is 8.00. The Morgan fingerprint density at radius 2 is 2.12 bits per heavy atom. The van der Waals surface area contributed by atoms with E-state index in [4.69, 9.17) is 5.73 Å². The second-order valence-electron chi connectivity index (χ2n) is 5.47. The summed E-state index contributed by atoms with van der Waals surface area (Å²) in [6.07, 6.45) is 4.77. The third-order valence-corrected chi connectivity index (χ3v) is 3.67. The largest absolute Gasteiger partial charge is 0.365 e. The van der Waals surface area contributed by atoms with Gasteiger partial charge in [0.05, 0.1) is 17.4 Å². The van der Waals surface area contributed by atoms with Gasteiger partial charge in [0, 0.05) is 31.0 Å². The number of primary amides is 1. The first kappa shape index (κ1) is 17.3. The predicted molar refractivity (Wildman–Crippen MR) is 95.5 cm³/mol. The Kier molecular flexibility index (Phi) is 5.07. The summed E-state index contributed by atoms with van der Waals surface area (Å²) in [5.41, 5.74) is 6.64. The molecule has 2 aromatic heterocycles. The molecule has 1 amide bonds. The van der Waals surface area contributed by atoms with Gasteiger partial charge in [-0.1, -0.05) is 18.2 Å². The molecule has 0 aliphatic carbocycles. The van der Waals surface area contributed by atoms with E-state index in [1.807, 2.05) is 6.92 Å². The first-order valence-electron chi connectivity index (χ1n) is 8.00. The number of hydrogen-bond donors (Lipinski definition) is 3. The summed E-state index contributed by atoms with van der Waals surface area (Å²) in [7, 11) is 0. The van der Waals surface area contributed by atoms with Crippen molar-refractivity contribution in [2.45, 2.75) is 20.0 Å². The van der Waals surface area contributed by atoms with Gasteiger partial charge < -0.3 is 16.4 Å². The number of carbonyl (C=O) groups excluding carboxylic acids is 1. The fourth-order valence-electron chi connectivity index (χ4n) is 2.31. The number of benzene rings is 1. The molecule has 0 fully saturated rings. The molecule has 0 aliphatic heterocycles. The predicted octanol–water partition coefficient (Wildman–Crippen LogP) is 2.29. The van der Waals surface area contributed by atoms with E-state index in [9.17, 15) is 9.18 Å². The highest BCUT2D eigenvalue weighted by Crippen LogP contribution is 2.18. The molecule has 134 valence electrons. The van der Waals surface area contributed by atoms with Crippen molar-refractivity contribution < 1.29 is 9.18 Å². The number of rotatable bonds is 7. The van der Waals surface area contributed by atoms with Crippen LogP contribution in [0.2, 0.25) is 0 Å². The van der Waals surface area contributed by atoms with Gasteiger partial charge in [0.2, 0.25) is 5.95 Å². The molecule has 0 unspecified atom stereocenters. The van der Waals surface area contributed by atoms with Crippen LogP contribution in [0, 0.1) is 5.82 Å². The summed E-state index contributed by atoms with van der Waals surface area (Å²) in [6, 6.07) is 6.35. The average Bonchev–Trinajstić information content (AvgIpc) is 3.08. The van der Waals surface area contributed by atoms with Crippen LogP contribution in [0.5, 0.6) is 0 Å². The van der Waals surface area contributed by atoms with Gasteiger partial charge in [-0.05, 0) is 13.0 Å². The molecule has 8 nitrogen and oxygen atoms in total. The number of nitrogens with one attached hydrogen (secondary N) is 2. The Morgan fingerprint density at radius 3 is 2.81 bits per heavy atom. The maximum absolute atomic E-state index is 13.8. The van der Waals surface area contributed by atoms with Crippen LogP contribution in [-0.2, 0) is 13.1 Å². The Morgan fingerprint density at radius 1 is 1.31 bits per heavy atom. The van der Waals surface area contributed by atoms with E-state index in [-0.39, 0.29) is 29.7 Å². The Hall–Kier alpha value is -3.49. The molecule has 0 spiro atoms. The van der Waals surface area contributed by atoms with Crippen molar-refractivity contribution in [1.82, 2.24) is 19.7 Å². The van der Waals surface area contributed by atoms with E-state index in [1.54, 1.807) is 35.3 Å². The van der Waals surface area contributed by atoms with Crippen molar-refractivity contribution >= 4 is 23.4 Å². The van der Waals surface area contributed by atoms with Gasteiger partial charge >= 0.3 is 0 Å². The fraction of sp³-hybridized carbons (Fsp3) is 0.176. The number of nitrogens with zero attached hydrogens (tertiary/aromatic N) is 4.